The molecule has 0 unspecified atom stereocenters. The maximum atomic E-state index is 13.0. The largest absolute Gasteiger partial charge is 0.354 e. The van der Waals surface area contributed by atoms with Crippen LogP contribution in [-0.4, -0.2) is 44.3 Å². The molecule has 2 aromatic carbocycles. The number of carbonyl (C=O) groups is 2. The Morgan fingerprint density at radius 3 is 2.30 bits per heavy atom. The maximum absolute atomic E-state index is 13.0. The topological polar surface area (TPSA) is 95.6 Å². The van der Waals surface area contributed by atoms with Gasteiger partial charge in [-0.2, -0.15) is 0 Å². The molecule has 0 spiro atoms. The normalized spacial score (nSPS) is 16.0. The van der Waals surface area contributed by atoms with Crippen LogP contribution < -0.4 is 10.0 Å². The van der Waals surface area contributed by atoms with Gasteiger partial charge in [-0.25, -0.2) is 8.42 Å². The summed E-state index contributed by atoms with van der Waals surface area (Å²) in [5.41, 5.74) is 3.18. The Morgan fingerprint density at radius 1 is 1.06 bits per heavy atom. The van der Waals surface area contributed by atoms with Crippen molar-refractivity contribution < 1.29 is 18.0 Å². The van der Waals surface area contributed by atoms with E-state index in [1.54, 1.807) is 43.0 Å². The second kappa shape index (κ2) is 10.4. The first-order chi connectivity index (χ1) is 15.6. The molecule has 178 valence electrons. The lowest BCUT2D eigenvalue weighted by molar-refractivity contribution is -0.124. The number of nitrogens with zero attached hydrogens (tertiary/aromatic N) is 1. The molecule has 3 rings (SSSR count). The number of rotatable bonds is 8. The van der Waals surface area contributed by atoms with Crippen LogP contribution in [0.1, 0.15) is 59.7 Å². The van der Waals surface area contributed by atoms with Crippen molar-refractivity contribution in [1.82, 2.24) is 10.2 Å². The highest BCUT2D eigenvalue weighted by Gasteiger charge is 2.34. The standard InChI is InChI=1S/C25H33N3O4S/c1-5-6-13-26-24(29)22-8-7-14-28(22)25(30)20-9-11-21(12-10-20)27-33(31,32)23-18(3)15-17(2)16-19(23)4/h9-12,15-16,22,27H,5-8,13-14H2,1-4H3,(H,26,29)/t22-/m1/s1. The van der Waals surface area contributed by atoms with Crippen LogP contribution in [0.25, 0.3) is 0 Å². The Balaban J connectivity index is 1.72. The first-order valence-electron chi connectivity index (χ1n) is 11.4. The molecule has 1 heterocycles. The molecule has 0 bridgehead atoms. The number of hydrogen-bond donors (Lipinski definition) is 2. The van der Waals surface area contributed by atoms with E-state index in [9.17, 15) is 18.0 Å². The zero-order chi connectivity index (χ0) is 24.2. The number of hydrogen-bond acceptors (Lipinski definition) is 4. The number of amides is 2. The second-order valence-corrected chi connectivity index (χ2v) is 10.3. The van der Waals surface area contributed by atoms with Crippen LogP contribution in [0.2, 0.25) is 0 Å². The molecule has 2 aromatic rings. The number of likely N-dealkylation sites (tertiary alicyclic amines) is 1. The van der Waals surface area contributed by atoms with Gasteiger partial charge in [-0.3, -0.25) is 14.3 Å². The summed E-state index contributed by atoms with van der Waals surface area (Å²) in [5.74, 6) is -0.328. The van der Waals surface area contributed by atoms with Gasteiger partial charge in [-0.15, -0.1) is 0 Å². The average molecular weight is 472 g/mol. The highest BCUT2D eigenvalue weighted by atomic mass is 32.2. The van der Waals surface area contributed by atoms with E-state index in [2.05, 4.69) is 17.0 Å². The molecule has 7 nitrogen and oxygen atoms in total. The highest BCUT2D eigenvalue weighted by molar-refractivity contribution is 7.92. The van der Waals surface area contributed by atoms with E-state index in [0.29, 0.717) is 41.9 Å². The molecule has 2 N–H and O–H groups in total. The molecule has 1 saturated heterocycles. The summed E-state index contributed by atoms with van der Waals surface area (Å²) in [6.07, 6.45) is 3.33. The summed E-state index contributed by atoms with van der Waals surface area (Å²) in [7, 11) is -3.77. The molecule has 1 atom stereocenters. The van der Waals surface area contributed by atoms with Gasteiger partial charge in [0.2, 0.25) is 5.91 Å². The fraction of sp³-hybridized carbons (Fsp3) is 0.440. The van der Waals surface area contributed by atoms with Crippen molar-refractivity contribution in [3.05, 3.63) is 58.7 Å². The summed E-state index contributed by atoms with van der Waals surface area (Å²) in [4.78, 5) is 27.4. The molecule has 1 fully saturated rings. The lowest BCUT2D eigenvalue weighted by Crippen LogP contribution is -2.46. The summed E-state index contributed by atoms with van der Waals surface area (Å²) in [6, 6.07) is 9.58. The molecule has 33 heavy (non-hydrogen) atoms. The number of sulfonamides is 1. The van der Waals surface area contributed by atoms with Gasteiger partial charge >= 0.3 is 0 Å². The maximum Gasteiger partial charge on any atom is 0.262 e. The van der Waals surface area contributed by atoms with Crippen molar-refractivity contribution in [2.75, 3.05) is 17.8 Å². The lowest BCUT2D eigenvalue weighted by atomic mass is 10.1. The number of unbranched alkanes of at least 4 members (excludes halogenated alkanes) is 1. The minimum atomic E-state index is -3.77. The molecule has 0 aromatic heterocycles. The molecule has 0 aliphatic carbocycles. The smallest absolute Gasteiger partial charge is 0.262 e. The Kier molecular flexibility index (Phi) is 7.79. The molecule has 1 aliphatic heterocycles. The Bertz CT molecular complexity index is 1100. The monoisotopic (exact) mass is 471 g/mol. The van der Waals surface area contributed by atoms with E-state index in [-0.39, 0.29) is 16.7 Å². The summed E-state index contributed by atoms with van der Waals surface area (Å²) < 4.78 is 28.6. The van der Waals surface area contributed by atoms with Crippen molar-refractivity contribution in [2.45, 2.75) is 64.3 Å². The predicted octanol–water partition coefficient (Wildman–Crippen LogP) is 3.93. The zero-order valence-electron chi connectivity index (χ0n) is 19.8. The van der Waals surface area contributed by atoms with Gasteiger partial charge in [0.25, 0.3) is 15.9 Å². The summed E-state index contributed by atoms with van der Waals surface area (Å²) in [6.45, 7) is 8.69. The lowest BCUT2D eigenvalue weighted by Gasteiger charge is -2.24. The first-order valence-corrected chi connectivity index (χ1v) is 12.9. The van der Waals surface area contributed by atoms with Gasteiger partial charge in [0, 0.05) is 24.3 Å². The predicted molar refractivity (Wildman–Crippen MR) is 130 cm³/mol. The van der Waals surface area contributed by atoms with Crippen molar-refractivity contribution in [3.63, 3.8) is 0 Å². The third-order valence-electron chi connectivity index (χ3n) is 5.90. The molecular formula is C25H33N3O4S. The van der Waals surface area contributed by atoms with E-state index in [0.717, 1.165) is 24.8 Å². The van der Waals surface area contributed by atoms with Crippen LogP contribution in [-0.2, 0) is 14.8 Å². The molecule has 0 radical (unpaired) electrons. The third-order valence-corrected chi connectivity index (χ3v) is 7.59. The van der Waals surface area contributed by atoms with Gasteiger partial charge in [0.05, 0.1) is 4.90 Å². The van der Waals surface area contributed by atoms with Crippen molar-refractivity contribution in [1.29, 1.82) is 0 Å². The van der Waals surface area contributed by atoms with E-state index >= 15 is 0 Å². The van der Waals surface area contributed by atoms with Crippen molar-refractivity contribution in [2.24, 2.45) is 0 Å². The highest BCUT2D eigenvalue weighted by Crippen LogP contribution is 2.25. The first kappa shape index (κ1) is 24.8. The molecule has 0 saturated carbocycles. The van der Waals surface area contributed by atoms with Crippen LogP contribution in [0, 0.1) is 20.8 Å². The Hall–Kier alpha value is -2.87. The fourth-order valence-electron chi connectivity index (χ4n) is 4.43. The van der Waals surface area contributed by atoms with Gasteiger partial charge in [0.15, 0.2) is 0 Å². The summed E-state index contributed by atoms with van der Waals surface area (Å²) >= 11 is 0. The third kappa shape index (κ3) is 5.74. The Morgan fingerprint density at radius 2 is 1.70 bits per heavy atom. The SMILES string of the molecule is CCCCNC(=O)[C@H]1CCCN1C(=O)c1ccc(NS(=O)(=O)c2c(C)cc(C)cc2C)cc1. The zero-order valence-corrected chi connectivity index (χ0v) is 20.6. The van der Waals surface area contributed by atoms with Crippen molar-refractivity contribution in [3.8, 4) is 0 Å². The minimum absolute atomic E-state index is 0.109. The molecular weight excluding hydrogens is 438 g/mol. The van der Waals surface area contributed by atoms with E-state index < -0.39 is 16.1 Å². The van der Waals surface area contributed by atoms with Crippen LogP contribution in [0.4, 0.5) is 5.69 Å². The number of carbonyl (C=O) groups excluding carboxylic acids is 2. The van der Waals surface area contributed by atoms with Crippen molar-refractivity contribution >= 4 is 27.5 Å². The average Bonchev–Trinajstić information content (AvgIpc) is 3.22. The Labute approximate surface area is 196 Å². The van der Waals surface area contributed by atoms with E-state index in [4.69, 9.17) is 0 Å². The number of aryl methyl sites for hydroxylation is 3. The van der Waals surface area contributed by atoms with Crippen LogP contribution in [0.15, 0.2) is 41.3 Å². The van der Waals surface area contributed by atoms with Gasteiger partial charge in [0.1, 0.15) is 6.04 Å². The van der Waals surface area contributed by atoms with Crippen LogP contribution in [0.3, 0.4) is 0 Å². The van der Waals surface area contributed by atoms with Crippen LogP contribution in [0.5, 0.6) is 0 Å². The second-order valence-electron chi connectivity index (χ2n) is 8.71. The number of benzene rings is 2. The molecule has 8 heteroatoms. The molecule has 1 aliphatic rings. The van der Waals surface area contributed by atoms with E-state index in [1.165, 1.54) is 0 Å². The molecule has 2 amide bonds. The van der Waals surface area contributed by atoms with Gasteiger partial charge in [-0.05, 0) is 75.4 Å². The number of anilines is 1. The van der Waals surface area contributed by atoms with E-state index in [1.807, 2.05) is 19.1 Å². The van der Waals surface area contributed by atoms with Gasteiger partial charge < -0.3 is 10.2 Å². The fourth-order valence-corrected chi connectivity index (χ4v) is 5.95. The summed E-state index contributed by atoms with van der Waals surface area (Å²) in [5, 5.41) is 2.92. The van der Waals surface area contributed by atoms with Gasteiger partial charge in [-0.1, -0.05) is 31.0 Å². The number of nitrogens with one attached hydrogen (secondary N) is 2. The quantitative estimate of drug-likeness (QED) is 0.570. The minimum Gasteiger partial charge on any atom is -0.354 e. The van der Waals surface area contributed by atoms with Crippen LogP contribution >= 0.6 is 0 Å².